The summed E-state index contributed by atoms with van der Waals surface area (Å²) in [5, 5.41) is 0.826. The van der Waals surface area contributed by atoms with Crippen LogP contribution in [0.2, 0.25) is 0 Å². The standard InChI is InChI=1S/C10H12N4O2S.BrH/c15-8-6-7(11-9(16)13-8)12-10(17-6)14-4-2-1-3-5-14;/h1-5H2,(H2,11,13,15,16);1H. The molecule has 0 atom stereocenters. The van der Waals surface area contributed by atoms with Gasteiger partial charge in [0.05, 0.1) is 0 Å². The Morgan fingerprint density at radius 1 is 1.11 bits per heavy atom. The summed E-state index contributed by atoms with van der Waals surface area (Å²) >= 11 is 1.34. The number of halogens is 1. The summed E-state index contributed by atoms with van der Waals surface area (Å²) in [6.07, 6.45) is 3.56. The van der Waals surface area contributed by atoms with Crippen molar-refractivity contribution in [3.63, 3.8) is 0 Å². The molecule has 0 spiro atoms. The molecule has 2 aromatic heterocycles. The summed E-state index contributed by atoms with van der Waals surface area (Å²) in [5.41, 5.74) is -0.466. The molecule has 1 aliphatic heterocycles. The van der Waals surface area contributed by atoms with Crippen LogP contribution in [0.3, 0.4) is 0 Å². The van der Waals surface area contributed by atoms with Crippen LogP contribution in [0.25, 0.3) is 10.3 Å². The fraction of sp³-hybridized carbons (Fsp3) is 0.500. The zero-order chi connectivity index (χ0) is 11.8. The third-order valence-electron chi connectivity index (χ3n) is 2.91. The lowest BCUT2D eigenvalue weighted by Crippen LogP contribution is -2.29. The van der Waals surface area contributed by atoms with E-state index in [9.17, 15) is 9.59 Å². The van der Waals surface area contributed by atoms with E-state index in [1.54, 1.807) is 0 Å². The summed E-state index contributed by atoms with van der Waals surface area (Å²) in [6, 6.07) is 0. The van der Waals surface area contributed by atoms with Crippen molar-refractivity contribution in [3.05, 3.63) is 20.8 Å². The van der Waals surface area contributed by atoms with Gasteiger partial charge in [0.1, 0.15) is 4.70 Å². The lowest BCUT2D eigenvalue weighted by Gasteiger charge is -2.25. The maximum atomic E-state index is 11.6. The minimum Gasteiger partial charge on any atom is -0.348 e. The molecular weight excluding hydrogens is 320 g/mol. The van der Waals surface area contributed by atoms with Crippen LogP contribution in [-0.2, 0) is 0 Å². The van der Waals surface area contributed by atoms with Crippen LogP contribution in [0.1, 0.15) is 19.3 Å². The molecule has 1 saturated heterocycles. The average Bonchev–Trinajstić information content (AvgIpc) is 2.74. The van der Waals surface area contributed by atoms with Gasteiger partial charge in [0, 0.05) is 13.1 Å². The van der Waals surface area contributed by atoms with E-state index in [1.165, 1.54) is 17.8 Å². The van der Waals surface area contributed by atoms with Crippen LogP contribution >= 0.6 is 28.3 Å². The number of hydrogen-bond donors (Lipinski definition) is 2. The van der Waals surface area contributed by atoms with Gasteiger partial charge in [-0.1, -0.05) is 11.3 Å². The fourth-order valence-electron chi connectivity index (χ4n) is 2.07. The second-order valence-electron chi connectivity index (χ2n) is 4.13. The molecule has 3 heterocycles. The Balaban J connectivity index is 0.00000120. The average molecular weight is 333 g/mol. The molecule has 1 fully saturated rings. The van der Waals surface area contributed by atoms with Crippen LogP contribution in [0.4, 0.5) is 5.13 Å². The summed E-state index contributed by atoms with van der Waals surface area (Å²) in [7, 11) is 0. The largest absolute Gasteiger partial charge is 0.348 e. The van der Waals surface area contributed by atoms with Gasteiger partial charge in [-0.3, -0.25) is 14.8 Å². The molecule has 3 rings (SSSR count). The third-order valence-corrected chi connectivity index (χ3v) is 4.02. The molecular formula is C10H13BrN4O2S. The van der Waals surface area contributed by atoms with E-state index in [0.717, 1.165) is 31.1 Å². The number of thiazole rings is 1. The number of aromatic amines is 2. The Bertz CT molecular complexity index is 656. The first-order valence-corrected chi connectivity index (χ1v) is 6.44. The van der Waals surface area contributed by atoms with Gasteiger partial charge >= 0.3 is 5.69 Å². The molecule has 2 aromatic rings. The van der Waals surface area contributed by atoms with Crippen LogP contribution in [0, 0.1) is 0 Å². The van der Waals surface area contributed by atoms with Gasteiger partial charge in [-0.15, -0.1) is 17.0 Å². The van der Waals surface area contributed by atoms with Crippen molar-refractivity contribution in [2.75, 3.05) is 18.0 Å². The second kappa shape index (κ2) is 5.23. The van der Waals surface area contributed by atoms with Crippen molar-refractivity contribution in [2.45, 2.75) is 19.3 Å². The number of fused-ring (bicyclic) bond motifs is 1. The number of piperidine rings is 1. The molecule has 2 N–H and O–H groups in total. The number of nitrogens with one attached hydrogen (secondary N) is 2. The van der Waals surface area contributed by atoms with Crippen molar-refractivity contribution >= 4 is 43.8 Å². The van der Waals surface area contributed by atoms with E-state index in [4.69, 9.17) is 0 Å². The zero-order valence-corrected chi connectivity index (χ0v) is 12.1. The van der Waals surface area contributed by atoms with Gasteiger partial charge in [0.2, 0.25) is 0 Å². The minimum atomic E-state index is -0.502. The van der Waals surface area contributed by atoms with Crippen molar-refractivity contribution in [3.8, 4) is 0 Å². The first kappa shape index (κ1) is 13.3. The highest BCUT2D eigenvalue weighted by Crippen LogP contribution is 2.26. The number of nitrogens with zero attached hydrogens (tertiary/aromatic N) is 2. The predicted octanol–water partition coefficient (Wildman–Crippen LogP) is 1.24. The Kier molecular flexibility index (Phi) is 3.86. The molecule has 0 amide bonds. The van der Waals surface area contributed by atoms with Crippen molar-refractivity contribution in [1.82, 2.24) is 15.0 Å². The van der Waals surface area contributed by atoms with Crippen LogP contribution in [0.5, 0.6) is 0 Å². The summed E-state index contributed by atoms with van der Waals surface area (Å²) in [6.45, 7) is 1.95. The van der Waals surface area contributed by atoms with E-state index in [0.29, 0.717) is 10.3 Å². The van der Waals surface area contributed by atoms with E-state index < -0.39 is 5.69 Å². The molecule has 98 valence electrons. The third kappa shape index (κ3) is 2.35. The zero-order valence-electron chi connectivity index (χ0n) is 9.56. The Hall–Kier alpha value is -1.15. The smallest absolute Gasteiger partial charge is 0.327 e. The number of H-pyrrole nitrogens is 2. The number of rotatable bonds is 1. The SMILES string of the molecule is Br.O=c1[nH]c(=O)c2sc(N3CCCCC3)nc2[nH]1. The molecule has 0 bridgehead atoms. The van der Waals surface area contributed by atoms with Gasteiger partial charge in [0.25, 0.3) is 5.56 Å². The lowest BCUT2D eigenvalue weighted by molar-refractivity contribution is 0.577. The van der Waals surface area contributed by atoms with Crippen molar-refractivity contribution in [1.29, 1.82) is 0 Å². The van der Waals surface area contributed by atoms with Crippen molar-refractivity contribution in [2.24, 2.45) is 0 Å². The van der Waals surface area contributed by atoms with Gasteiger partial charge in [-0.25, -0.2) is 9.78 Å². The van der Waals surface area contributed by atoms with Gasteiger partial charge in [-0.05, 0) is 19.3 Å². The van der Waals surface area contributed by atoms with Crippen LogP contribution in [-0.4, -0.2) is 28.0 Å². The van der Waals surface area contributed by atoms with Gasteiger partial charge in [-0.2, -0.15) is 0 Å². The molecule has 6 nitrogen and oxygen atoms in total. The summed E-state index contributed by atoms with van der Waals surface area (Å²) in [4.78, 5) is 34.0. The molecule has 1 aliphatic rings. The fourth-order valence-corrected chi connectivity index (χ4v) is 3.03. The Morgan fingerprint density at radius 3 is 2.56 bits per heavy atom. The normalized spacial score (nSPS) is 15.7. The number of anilines is 1. The van der Waals surface area contributed by atoms with Crippen molar-refractivity contribution < 1.29 is 0 Å². The highest BCUT2D eigenvalue weighted by molar-refractivity contribution is 8.93. The quantitative estimate of drug-likeness (QED) is 0.823. The monoisotopic (exact) mass is 332 g/mol. The molecule has 0 radical (unpaired) electrons. The topological polar surface area (TPSA) is 81.8 Å². The van der Waals surface area contributed by atoms with E-state index in [1.807, 2.05) is 0 Å². The highest BCUT2D eigenvalue weighted by Gasteiger charge is 2.16. The van der Waals surface area contributed by atoms with Crippen LogP contribution in [0.15, 0.2) is 9.59 Å². The van der Waals surface area contributed by atoms with E-state index in [-0.39, 0.29) is 22.5 Å². The minimum absolute atomic E-state index is 0. The van der Waals surface area contributed by atoms with E-state index >= 15 is 0 Å². The number of aromatic nitrogens is 3. The maximum Gasteiger partial charge on any atom is 0.327 e. The van der Waals surface area contributed by atoms with Crippen LogP contribution < -0.4 is 16.1 Å². The van der Waals surface area contributed by atoms with Gasteiger partial charge < -0.3 is 4.90 Å². The molecule has 18 heavy (non-hydrogen) atoms. The maximum absolute atomic E-state index is 11.6. The highest BCUT2D eigenvalue weighted by atomic mass is 79.9. The van der Waals surface area contributed by atoms with E-state index in [2.05, 4.69) is 19.9 Å². The first-order chi connectivity index (χ1) is 8.24. The predicted molar refractivity (Wildman–Crippen MR) is 77.2 cm³/mol. The molecule has 0 aromatic carbocycles. The molecule has 0 aliphatic carbocycles. The summed E-state index contributed by atoms with van der Waals surface area (Å²) < 4.78 is 0.491. The first-order valence-electron chi connectivity index (χ1n) is 5.62. The molecule has 0 unspecified atom stereocenters. The molecule has 0 saturated carbocycles. The Labute approximate surface area is 117 Å². The summed E-state index contributed by atoms with van der Waals surface area (Å²) in [5.74, 6) is 0. The molecule has 8 heteroatoms. The lowest BCUT2D eigenvalue weighted by atomic mass is 10.1. The number of hydrogen-bond acceptors (Lipinski definition) is 5. The second-order valence-corrected chi connectivity index (χ2v) is 5.11. The Morgan fingerprint density at radius 2 is 1.83 bits per heavy atom. The van der Waals surface area contributed by atoms with Gasteiger partial charge in [0.15, 0.2) is 10.8 Å².